The Morgan fingerprint density at radius 1 is 0.806 bits per heavy atom. The predicted octanol–water partition coefficient (Wildman–Crippen LogP) is 6.38. The van der Waals surface area contributed by atoms with Gasteiger partial charge in [-0.15, -0.1) is 0 Å². The van der Waals surface area contributed by atoms with Gasteiger partial charge in [0.05, 0.1) is 10.0 Å². The van der Waals surface area contributed by atoms with Crippen molar-refractivity contribution in [2.24, 2.45) is 5.92 Å². The van der Waals surface area contributed by atoms with Crippen LogP contribution in [0.4, 0.5) is 0 Å². The summed E-state index contributed by atoms with van der Waals surface area (Å²) < 4.78 is 0. The molecule has 0 spiro atoms. The van der Waals surface area contributed by atoms with Crippen LogP contribution in [0.15, 0.2) is 78.9 Å². The van der Waals surface area contributed by atoms with Crippen LogP contribution < -0.4 is 5.32 Å². The maximum atomic E-state index is 6.27. The highest BCUT2D eigenvalue weighted by Crippen LogP contribution is 2.42. The van der Waals surface area contributed by atoms with Gasteiger partial charge in [-0.3, -0.25) is 4.90 Å². The van der Waals surface area contributed by atoms with Crippen molar-refractivity contribution in [3.8, 4) is 0 Å². The topological polar surface area (TPSA) is 15.3 Å². The van der Waals surface area contributed by atoms with Crippen LogP contribution in [0, 0.1) is 5.92 Å². The molecule has 4 heteroatoms. The van der Waals surface area contributed by atoms with Gasteiger partial charge in [0, 0.05) is 24.5 Å². The number of nitrogens with one attached hydrogen (secondary N) is 1. The minimum Gasteiger partial charge on any atom is -0.308 e. The molecule has 0 aromatic heterocycles. The lowest BCUT2D eigenvalue weighted by Crippen LogP contribution is -2.64. The lowest BCUT2D eigenvalue weighted by atomic mass is 9.70. The Balaban J connectivity index is 1.48. The van der Waals surface area contributed by atoms with Crippen molar-refractivity contribution in [2.45, 2.75) is 37.4 Å². The second kappa shape index (κ2) is 9.34. The molecule has 1 N–H and O–H groups in total. The third-order valence-corrected chi connectivity index (χ3v) is 7.80. The Morgan fingerprint density at radius 3 is 2.00 bits per heavy atom. The van der Waals surface area contributed by atoms with Crippen LogP contribution in [-0.4, -0.2) is 30.1 Å². The smallest absolute Gasteiger partial charge is 0.0595 e. The lowest BCUT2D eigenvalue weighted by molar-refractivity contribution is 0.00468. The van der Waals surface area contributed by atoms with Crippen LogP contribution in [0.3, 0.4) is 0 Å². The van der Waals surface area contributed by atoms with Crippen LogP contribution >= 0.6 is 23.2 Å². The van der Waals surface area contributed by atoms with E-state index in [9.17, 15) is 0 Å². The first-order valence-corrected chi connectivity index (χ1v) is 12.0. The molecule has 3 aliphatic rings. The summed E-state index contributed by atoms with van der Waals surface area (Å²) >= 11 is 12.4. The molecule has 2 bridgehead atoms. The van der Waals surface area contributed by atoms with Crippen molar-refractivity contribution in [1.29, 1.82) is 0 Å². The molecule has 2 atom stereocenters. The Kier molecular flexibility index (Phi) is 6.34. The van der Waals surface area contributed by atoms with Crippen molar-refractivity contribution >= 4 is 23.2 Å². The van der Waals surface area contributed by atoms with Gasteiger partial charge in [0.25, 0.3) is 0 Å². The standard InChI is InChI=1S/C27H28Cl2N2/c28-23-12-11-19(17-24(23)29)18-30-26-22-13-15-31(16-14-22)27(26)25(20-7-3-1-4-8-20)21-9-5-2-6-10-21/h1-12,17,22,25-27,30H,13-16,18H2/t26-,27+/m1/s1. The average molecular weight is 451 g/mol. The van der Waals surface area contributed by atoms with E-state index in [1.165, 1.54) is 42.6 Å². The fraction of sp³-hybridized carbons (Fsp3) is 0.333. The number of piperidine rings is 3. The first-order chi connectivity index (χ1) is 15.2. The van der Waals surface area contributed by atoms with Crippen LogP contribution in [-0.2, 0) is 6.54 Å². The Morgan fingerprint density at radius 2 is 1.42 bits per heavy atom. The predicted molar refractivity (Wildman–Crippen MR) is 130 cm³/mol. The quantitative estimate of drug-likeness (QED) is 0.468. The molecule has 0 unspecified atom stereocenters. The number of hydrogen-bond acceptors (Lipinski definition) is 2. The Hall–Kier alpha value is -1.84. The second-order valence-corrected chi connectivity index (χ2v) is 9.63. The molecular weight excluding hydrogens is 423 g/mol. The SMILES string of the molecule is Clc1ccc(CN[C@@H]2C3CCN(CC3)[C@H]2C(c2ccccc2)c2ccccc2)cc1Cl. The normalized spacial score (nSPS) is 25.1. The van der Waals surface area contributed by atoms with Crippen molar-refractivity contribution < 1.29 is 0 Å². The van der Waals surface area contributed by atoms with Gasteiger partial charge in [-0.25, -0.2) is 0 Å². The zero-order chi connectivity index (χ0) is 21.2. The van der Waals surface area contributed by atoms with E-state index in [1.54, 1.807) is 0 Å². The molecule has 6 rings (SSSR count). The number of nitrogens with zero attached hydrogens (tertiary/aromatic N) is 1. The number of hydrogen-bond donors (Lipinski definition) is 1. The summed E-state index contributed by atoms with van der Waals surface area (Å²) in [5.41, 5.74) is 3.97. The van der Waals surface area contributed by atoms with Gasteiger partial charge in [-0.05, 0) is 60.7 Å². The van der Waals surface area contributed by atoms with E-state index in [0.29, 0.717) is 34.0 Å². The van der Waals surface area contributed by atoms with Gasteiger partial charge in [-0.2, -0.15) is 0 Å². The van der Waals surface area contributed by atoms with E-state index in [2.05, 4.69) is 76.9 Å². The first-order valence-electron chi connectivity index (χ1n) is 11.2. The first kappa shape index (κ1) is 21.0. The molecule has 0 saturated carbocycles. The largest absolute Gasteiger partial charge is 0.308 e. The van der Waals surface area contributed by atoms with Crippen LogP contribution in [0.25, 0.3) is 0 Å². The molecule has 3 aromatic carbocycles. The highest BCUT2D eigenvalue weighted by molar-refractivity contribution is 6.42. The van der Waals surface area contributed by atoms with Crippen LogP contribution in [0.5, 0.6) is 0 Å². The summed E-state index contributed by atoms with van der Waals surface area (Å²) in [7, 11) is 0. The third-order valence-electron chi connectivity index (χ3n) is 7.06. The molecule has 31 heavy (non-hydrogen) atoms. The summed E-state index contributed by atoms with van der Waals surface area (Å²) in [5.74, 6) is 1.05. The summed E-state index contributed by atoms with van der Waals surface area (Å²) in [5, 5.41) is 5.18. The fourth-order valence-electron chi connectivity index (χ4n) is 5.58. The summed E-state index contributed by atoms with van der Waals surface area (Å²) in [6.07, 6.45) is 2.54. The molecule has 3 aliphatic heterocycles. The van der Waals surface area contributed by atoms with E-state index < -0.39 is 0 Å². The highest BCUT2D eigenvalue weighted by atomic mass is 35.5. The van der Waals surface area contributed by atoms with Crippen molar-refractivity contribution in [3.63, 3.8) is 0 Å². The lowest BCUT2D eigenvalue weighted by Gasteiger charge is -2.54. The Labute approximate surface area is 195 Å². The van der Waals surface area contributed by atoms with Crippen LogP contribution in [0.2, 0.25) is 10.0 Å². The summed E-state index contributed by atoms with van der Waals surface area (Å²) in [4.78, 5) is 2.72. The van der Waals surface area contributed by atoms with E-state index in [0.717, 1.165) is 6.54 Å². The van der Waals surface area contributed by atoms with Crippen LogP contribution in [0.1, 0.15) is 35.4 Å². The molecule has 3 aromatic rings. The summed E-state index contributed by atoms with van der Waals surface area (Å²) in [6, 6.07) is 28.9. The molecule has 3 fully saturated rings. The number of fused-ring (bicyclic) bond motifs is 3. The van der Waals surface area contributed by atoms with Crippen molar-refractivity contribution in [3.05, 3.63) is 106 Å². The molecule has 0 radical (unpaired) electrons. The maximum absolute atomic E-state index is 6.27. The van der Waals surface area contributed by atoms with Crippen molar-refractivity contribution in [2.75, 3.05) is 13.1 Å². The number of halogens is 2. The summed E-state index contributed by atoms with van der Waals surface area (Å²) in [6.45, 7) is 3.19. The zero-order valence-corrected chi connectivity index (χ0v) is 19.1. The highest BCUT2D eigenvalue weighted by Gasteiger charge is 2.46. The molecule has 0 amide bonds. The Bertz CT molecular complexity index is 961. The minimum atomic E-state index is 0.344. The van der Waals surface area contributed by atoms with Gasteiger partial charge in [0.2, 0.25) is 0 Å². The van der Waals surface area contributed by atoms with Crippen molar-refractivity contribution in [1.82, 2.24) is 10.2 Å². The molecule has 0 aliphatic carbocycles. The fourth-order valence-corrected chi connectivity index (χ4v) is 5.90. The third kappa shape index (κ3) is 4.40. The van der Waals surface area contributed by atoms with E-state index >= 15 is 0 Å². The van der Waals surface area contributed by atoms with Gasteiger partial charge in [0.15, 0.2) is 0 Å². The van der Waals surface area contributed by atoms with Gasteiger partial charge in [-0.1, -0.05) is 89.9 Å². The van der Waals surface area contributed by atoms with E-state index in [1.807, 2.05) is 12.1 Å². The number of benzene rings is 3. The van der Waals surface area contributed by atoms with Gasteiger partial charge >= 0.3 is 0 Å². The monoisotopic (exact) mass is 450 g/mol. The maximum Gasteiger partial charge on any atom is 0.0595 e. The molecule has 3 heterocycles. The molecular formula is C27H28Cl2N2. The molecule has 2 nitrogen and oxygen atoms in total. The van der Waals surface area contributed by atoms with Gasteiger partial charge < -0.3 is 5.32 Å². The second-order valence-electron chi connectivity index (χ2n) is 8.82. The number of rotatable bonds is 6. The zero-order valence-electron chi connectivity index (χ0n) is 17.6. The van der Waals surface area contributed by atoms with Gasteiger partial charge in [0.1, 0.15) is 0 Å². The van der Waals surface area contributed by atoms with E-state index in [-0.39, 0.29) is 0 Å². The molecule has 160 valence electrons. The van der Waals surface area contributed by atoms with E-state index in [4.69, 9.17) is 23.2 Å². The minimum absolute atomic E-state index is 0.344. The molecule has 3 saturated heterocycles. The average Bonchev–Trinajstić information content (AvgIpc) is 2.83.